The first-order chi connectivity index (χ1) is 10.7. The summed E-state index contributed by atoms with van der Waals surface area (Å²) in [6, 6.07) is 7.88. The Morgan fingerprint density at radius 2 is 1.04 bits per heavy atom. The van der Waals surface area contributed by atoms with Crippen LogP contribution in [-0.2, 0) is 22.9 Å². The van der Waals surface area contributed by atoms with E-state index in [2.05, 4.69) is 13.2 Å². The monoisotopic (exact) mass is 318 g/mol. The Morgan fingerprint density at radius 3 is 1.30 bits per heavy atom. The fourth-order valence-electron chi connectivity index (χ4n) is 1.45. The highest BCUT2D eigenvalue weighted by molar-refractivity contribution is 4.90. The maximum Gasteiger partial charge on any atom is 0.164 e. The van der Waals surface area contributed by atoms with Gasteiger partial charge in [0.05, 0.1) is 11.5 Å². The minimum Gasteiger partial charge on any atom is -0.478 e. The lowest BCUT2D eigenvalue weighted by molar-refractivity contribution is 0.140. The van der Waals surface area contributed by atoms with Crippen molar-refractivity contribution in [2.24, 2.45) is 0 Å². The van der Waals surface area contributed by atoms with Crippen molar-refractivity contribution in [1.29, 1.82) is 0 Å². The highest BCUT2D eigenvalue weighted by Crippen LogP contribution is 2.01. The lowest BCUT2D eigenvalue weighted by Gasteiger charge is -2.06. The number of allylic oxidation sites excluding steroid dienone is 2. The number of hydrogen-bond acceptors (Lipinski definition) is 2. The largest absolute Gasteiger partial charge is 0.478 e. The summed E-state index contributed by atoms with van der Waals surface area (Å²) in [5.74, 6) is 1.66. The average molecular weight is 318 g/mol. The Morgan fingerprint density at radius 1 is 0.739 bits per heavy atom. The van der Waals surface area contributed by atoms with E-state index in [1.54, 1.807) is 0 Å². The van der Waals surface area contributed by atoms with E-state index in [1.165, 1.54) is 0 Å². The van der Waals surface area contributed by atoms with Gasteiger partial charge in [0.2, 0.25) is 0 Å². The molecule has 0 amide bonds. The summed E-state index contributed by atoms with van der Waals surface area (Å²) in [6.45, 7) is 12.7. The molecule has 0 atom stereocenters. The fourth-order valence-corrected chi connectivity index (χ4v) is 1.45. The minimum absolute atomic E-state index is 0. The Balaban J connectivity index is 0.000000403. The van der Waals surface area contributed by atoms with E-state index in [9.17, 15) is 0 Å². The molecule has 4 nitrogen and oxygen atoms in total. The van der Waals surface area contributed by atoms with E-state index in [0.29, 0.717) is 13.5 Å². The normalized spacial score (nSPS) is 9.13. The van der Waals surface area contributed by atoms with Gasteiger partial charge in [0.25, 0.3) is 0 Å². The standard InChI is InChI=1S/2C9H13NO.CH4/c2*1-3-9(2)11-8-10-6-4-5-7-10;/h2*4-7H,2-3,8H2,1H3;1H4. The van der Waals surface area contributed by atoms with Crippen molar-refractivity contribution in [2.45, 2.75) is 47.6 Å². The number of ether oxygens (including phenoxy) is 2. The van der Waals surface area contributed by atoms with Crippen LogP contribution in [0, 0.1) is 0 Å². The second-order valence-electron chi connectivity index (χ2n) is 4.73. The van der Waals surface area contributed by atoms with Gasteiger partial charge in [-0.2, -0.15) is 0 Å². The van der Waals surface area contributed by atoms with E-state index >= 15 is 0 Å². The zero-order chi connectivity index (χ0) is 16.2. The van der Waals surface area contributed by atoms with Crippen LogP contribution < -0.4 is 0 Å². The summed E-state index contributed by atoms with van der Waals surface area (Å²) in [6.07, 6.45) is 9.60. The van der Waals surface area contributed by atoms with Gasteiger partial charge in [-0.1, -0.05) is 34.4 Å². The van der Waals surface area contributed by atoms with Gasteiger partial charge < -0.3 is 18.6 Å². The molecule has 2 rings (SSSR count). The van der Waals surface area contributed by atoms with E-state index in [4.69, 9.17) is 9.47 Å². The van der Waals surface area contributed by atoms with Gasteiger partial charge >= 0.3 is 0 Å². The molecule has 0 spiro atoms. The van der Waals surface area contributed by atoms with Gasteiger partial charge in [-0.05, 0) is 24.3 Å². The van der Waals surface area contributed by atoms with Crippen LogP contribution in [0.5, 0.6) is 0 Å². The van der Waals surface area contributed by atoms with Gasteiger partial charge in [0.1, 0.15) is 0 Å². The van der Waals surface area contributed by atoms with Crippen LogP contribution in [0.1, 0.15) is 34.1 Å². The van der Waals surface area contributed by atoms with Crippen LogP contribution in [0.25, 0.3) is 0 Å². The molecule has 23 heavy (non-hydrogen) atoms. The lowest BCUT2D eigenvalue weighted by atomic mass is 10.4. The first kappa shape index (κ1) is 20.6. The van der Waals surface area contributed by atoms with E-state index in [0.717, 1.165) is 24.4 Å². The number of hydrogen-bond donors (Lipinski definition) is 0. The van der Waals surface area contributed by atoms with Crippen molar-refractivity contribution in [3.8, 4) is 0 Å². The molecule has 0 bridgehead atoms. The average Bonchev–Trinajstić information content (AvgIpc) is 3.24. The van der Waals surface area contributed by atoms with E-state index in [-0.39, 0.29) is 7.43 Å². The van der Waals surface area contributed by atoms with Crippen LogP contribution in [-0.4, -0.2) is 9.13 Å². The summed E-state index contributed by atoms with van der Waals surface area (Å²) < 4.78 is 14.5. The quantitative estimate of drug-likeness (QED) is 0.609. The Hall–Kier alpha value is -2.36. The molecule has 0 radical (unpaired) electrons. The molecule has 0 unspecified atom stereocenters. The molecule has 2 aromatic heterocycles. The SMILES string of the molecule is C.C=C(CC)OCn1cccc1.C=C(CC)OCn1cccc1. The fraction of sp³-hybridized carbons (Fsp3) is 0.368. The van der Waals surface area contributed by atoms with Crippen molar-refractivity contribution in [3.05, 3.63) is 73.7 Å². The molecule has 0 aliphatic carbocycles. The van der Waals surface area contributed by atoms with Crippen molar-refractivity contribution in [1.82, 2.24) is 9.13 Å². The summed E-state index contributed by atoms with van der Waals surface area (Å²) >= 11 is 0. The summed E-state index contributed by atoms with van der Waals surface area (Å²) in [5, 5.41) is 0. The number of nitrogens with zero attached hydrogens (tertiary/aromatic N) is 2. The topological polar surface area (TPSA) is 28.3 Å². The highest BCUT2D eigenvalue weighted by atomic mass is 16.5. The minimum atomic E-state index is 0. The maximum atomic E-state index is 5.30. The van der Waals surface area contributed by atoms with Crippen LogP contribution in [0.2, 0.25) is 0 Å². The molecule has 4 heteroatoms. The van der Waals surface area contributed by atoms with Crippen LogP contribution in [0.3, 0.4) is 0 Å². The van der Waals surface area contributed by atoms with Gasteiger partial charge in [0, 0.05) is 37.6 Å². The first-order valence-corrected chi connectivity index (χ1v) is 7.48. The lowest BCUT2D eigenvalue weighted by Crippen LogP contribution is -1.98. The van der Waals surface area contributed by atoms with Crippen molar-refractivity contribution >= 4 is 0 Å². The molecule has 128 valence electrons. The molecule has 2 heterocycles. The Labute approximate surface area is 140 Å². The van der Waals surface area contributed by atoms with Crippen molar-refractivity contribution in [3.63, 3.8) is 0 Å². The highest BCUT2D eigenvalue weighted by Gasteiger charge is 1.91. The Bertz CT molecular complexity index is 477. The molecule has 0 saturated heterocycles. The predicted octanol–water partition coefficient (Wildman–Crippen LogP) is 5.41. The molecule has 0 saturated carbocycles. The van der Waals surface area contributed by atoms with Crippen LogP contribution in [0.4, 0.5) is 0 Å². The second-order valence-corrected chi connectivity index (χ2v) is 4.73. The van der Waals surface area contributed by atoms with Gasteiger partial charge in [-0.25, -0.2) is 0 Å². The summed E-state index contributed by atoms with van der Waals surface area (Å²) in [7, 11) is 0. The molecule has 0 aliphatic heterocycles. The van der Waals surface area contributed by atoms with Crippen LogP contribution in [0.15, 0.2) is 73.7 Å². The number of aromatic nitrogens is 2. The maximum absolute atomic E-state index is 5.30. The molecule has 0 aliphatic rings. The summed E-state index contributed by atoms with van der Waals surface area (Å²) in [4.78, 5) is 0. The predicted molar refractivity (Wildman–Crippen MR) is 96.6 cm³/mol. The molecule has 0 N–H and O–H groups in total. The van der Waals surface area contributed by atoms with E-state index in [1.807, 2.05) is 72.0 Å². The third-order valence-electron chi connectivity index (χ3n) is 2.96. The van der Waals surface area contributed by atoms with Crippen LogP contribution >= 0.6 is 0 Å². The first-order valence-electron chi connectivity index (χ1n) is 7.48. The van der Waals surface area contributed by atoms with Gasteiger partial charge in [0.15, 0.2) is 13.5 Å². The molecular formula is C19H30N2O2. The summed E-state index contributed by atoms with van der Waals surface area (Å²) in [5.41, 5.74) is 0. The third-order valence-corrected chi connectivity index (χ3v) is 2.96. The third kappa shape index (κ3) is 9.30. The molecular weight excluding hydrogens is 288 g/mol. The smallest absolute Gasteiger partial charge is 0.164 e. The molecule has 0 aromatic carbocycles. The van der Waals surface area contributed by atoms with Gasteiger partial charge in [-0.3, -0.25) is 0 Å². The Kier molecular flexibility index (Phi) is 11.0. The molecule has 0 fully saturated rings. The van der Waals surface area contributed by atoms with Crippen molar-refractivity contribution in [2.75, 3.05) is 0 Å². The van der Waals surface area contributed by atoms with Crippen molar-refractivity contribution < 1.29 is 9.47 Å². The zero-order valence-corrected chi connectivity index (χ0v) is 13.6. The van der Waals surface area contributed by atoms with E-state index < -0.39 is 0 Å². The zero-order valence-electron chi connectivity index (χ0n) is 13.6. The molecule has 2 aromatic rings. The number of rotatable bonds is 8. The van der Waals surface area contributed by atoms with Gasteiger partial charge in [-0.15, -0.1) is 0 Å². The second kappa shape index (κ2) is 12.2.